The second-order valence-corrected chi connectivity index (χ2v) is 8.92. The molecule has 0 bridgehead atoms. The number of piperidine rings is 1. The van der Waals surface area contributed by atoms with Crippen molar-refractivity contribution < 1.29 is 14.6 Å². The van der Waals surface area contributed by atoms with Crippen LogP contribution in [0.25, 0.3) is 0 Å². The van der Waals surface area contributed by atoms with E-state index < -0.39 is 0 Å². The first-order valence-corrected chi connectivity index (χ1v) is 10.8. The predicted molar refractivity (Wildman–Crippen MR) is 115 cm³/mol. The quantitative estimate of drug-likeness (QED) is 0.795. The van der Waals surface area contributed by atoms with Gasteiger partial charge in [-0.1, -0.05) is 18.2 Å². The zero-order valence-corrected chi connectivity index (χ0v) is 17.7. The Morgan fingerprint density at radius 3 is 2.70 bits per heavy atom. The second kappa shape index (κ2) is 9.14. The van der Waals surface area contributed by atoms with Crippen LogP contribution in [0.5, 0.6) is 5.75 Å². The molecule has 2 aromatic rings. The van der Waals surface area contributed by atoms with Crippen LogP contribution in [0.4, 0.5) is 0 Å². The number of carbonyl (C=O) groups excluding carboxylic acids is 1. The summed E-state index contributed by atoms with van der Waals surface area (Å²) in [7, 11) is 2.13. The Kier molecular flexibility index (Phi) is 6.35. The smallest absolute Gasteiger partial charge is 0.226 e. The highest BCUT2D eigenvalue weighted by molar-refractivity contribution is 5.78. The zero-order valence-electron chi connectivity index (χ0n) is 17.7. The van der Waals surface area contributed by atoms with Gasteiger partial charge in [-0.25, -0.2) is 0 Å². The molecule has 1 atom stereocenters. The summed E-state index contributed by atoms with van der Waals surface area (Å²) in [5, 5.41) is 9.39. The molecular formula is C24H31N3O3. The minimum Gasteiger partial charge on any atom is -0.508 e. The van der Waals surface area contributed by atoms with Crippen LogP contribution < -0.4 is 0 Å². The number of rotatable bonds is 6. The van der Waals surface area contributed by atoms with Crippen molar-refractivity contribution in [3.63, 3.8) is 0 Å². The number of ether oxygens (including phenoxy) is 1. The molecule has 3 heterocycles. The molecule has 1 amide bonds. The Labute approximate surface area is 178 Å². The highest BCUT2D eigenvalue weighted by Crippen LogP contribution is 2.42. The van der Waals surface area contributed by atoms with Gasteiger partial charge in [-0.15, -0.1) is 0 Å². The van der Waals surface area contributed by atoms with Gasteiger partial charge >= 0.3 is 0 Å². The number of phenolic OH excluding ortho intramolecular Hbond substituents is 1. The molecule has 2 aliphatic heterocycles. The van der Waals surface area contributed by atoms with Crippen LogP contribution in [-0.2, 0) is 22.5 Å². The number of hydrogen-bond acceptors (Lipinski definition) is 5. The van der Waals surface area contributed by atoms with Gasteiger partial charge in [-0.05, 0) is 61.1 Å². The Balaban J connectivity index is 1.23. The molecule has 0 radical (unpaired) electrons. The summed E-state index contributed by atoms with van der Waals surface area (Å²) >= 11 is 0. The first-order valence-electron chi connectivity index (χ1n) is 10.8. The molecule has 1 N–H and O–H groups in total. The molecule has 4 rings (SSSR count). The molecule has 0 unspecified atom stereocenters. The predicted octanol–water partition coefficient (Wildman–Crippen LogP) is 2.86. The molecule has 160 valence electrons. The van der Waals surface area contributed by atoms with Gasteiger partial charge in [-0.2, -0.15) is 0 Å². The summed E-state index contributed by atoms with van der Waals surface area (Å²) in [6, 6.07) is 11.0. The summed E-state index contributed by atoms with van der Waals surface area (Å²) in [6.45, 7) is 4.20. The van der Waals surface area contributed by atoms with Crippen molar-refractivity contribution in [1.82, 2.24) is 14.8 Å². The number of carbonyl (C=O) groups is 1. The highest BCUT2D eigenvalue weighted by Gasteiger charge is 2.43. The molecule has 0 aliphatic carbocycles. The number of aromatic nitrogens is 1. The van der Waals surface area contributed by atoms with Gasteiger partial charge in [0.2, 0.25) is 5.91 Å². The Morgan fingerprint density at radius 1 is 1.23 bits per heavy atom. The molecule has 30 heavy (non-hydrogen) atoms. The third kappa shape index (κ3) is 5.18. The Hall–Kier alpha value is -2.44. The molecule has 2 fully saturated rings. The molecule has 1 spiro atoms. The van der Waals surface area contributed by atoms with E-state index in [2.05, 4.69) is 23.0 Å². The van der Waals surface area contributed by atoms with E-state index in [1.54, 1.807) is 18.3 Å². The van der Waals surface area contributed by atoms with Crippen molar-refractivity contribution in [2.45, 2.75) is 38.3 Å². The number of likely N-dealkylation sites (N-methyl/N-ethyl adjacent to an activating group) is 1. The van der Waals surface area contributed by atoms with Crippen LogP contribution in [-0.4, -0.2) is 65.2 Å². The van der Waals surface area contributed by atoms with E-state index in [0.717, 1.165) is 57.6 Å². The van der Waals surface area contributed by atoms with Gasteiger partial charge in [0, 0.05) is 38.6 Å². The van der Waals surface area contributed by atoms with Crippen molar-refractivity contribution in [1.29, 1.82) is 0 Å². The number of aromatic hydroxyl groups is 1. The Morgan fingerprint density at radius 2 is 2.00 bits per heavy atom. The molecule has 1 aromatic heterocycles. The fraction of sp³-hybridized carbons (Fsp3) is 0.500. The minimum absolute atomic E-state index is 0.169. The van der Waals surface area contributed by atoms with Gasteiger partial charge < -0.3 is 14.7 Å². The standard InChI is InChI=1S/C24H31N3O3/c1-26(16-20-3-2-10-25-15-20)17-22-14-24(18-30-22)8-11-27(12-9-24)23(29)13-19-4-6-21(28)7-5-19/h2-7,10,15,22,28H,8-9,11-14,16-18H2,1H3/t22-/m0/s1. The number of likely N-dealkylation sites (tertiary alicyclic amines) is 1. The summed E-state index contributed by atoms with van der Waals surface area (Å²) in [6.07, 6.45) is 7.46. The average Bonchev–Trinajstić information content (AvgIpc) is 3.12. The van der Waals surface area contributed by atoms with Crippen LogP contribution in [0.2, 0.25) is 0 Å². The van der Waals surface area contributed by atoms with E-state index in [4.69, 9.17) is 4.74 Å². The van der Waals surface area contributed by atoms with Crippen molar-refractivity contribution in [2.24, 2.45) is 5.41 Å². The number of amides is 1. The number of phenols is 1. The van der Waals surface area contributed by atoms with Crippen LogP contribution in [0.3, 0.4) is 0 Å². The number of benzene rings is 1. The molecule has 6 heteroatoms. The third-order valence-electron chi connectivity index (χ3n) is 6.44. The van der Waals surface area contributed by atoms with Gasteiger partial charge in [0.05, 0.1) is 19.1 Å². The number of nitrogens with zero attached hydrogens (tertiary/aromatic N) is 3. The Bertz CT molecular complexity index is 833. The van der Waals surface area contributed by atoms with Gasteiger partial charge in [0.25, 0.3) is 0 Å². The van der Waals surface area contributed by atoms with E-state index in [-0.39, 0.29) is 23.2 Å². The van der Waals surface area contributed by atoms with E-state index in [1.807, 2.05) is 29.3 Å². The van der Waals surface area contributed by atoms with Crippen LogP contribution in [0.1, 0.15) is 30.4 Å². The number of hydrogen-bond donors (Lipinski definition) is 1. The van der Waals surface area contributed by atoms with Crippen LogP contribution in [0, 0.1) is 5.41 Å². The van der Waals surface area contributed by atoms with Gasteiger partial charge in [-0.3, -0.25) is 14.7 Å². The van der Waals surface area contributed by atoms with Crippen LogP contribution in [0.15, 0.2) is 48.8 Å². The normalized spacial score (nSPS) is 20.7. The fourth-order valence-corrected chi connectivity index (χ4v) is 4.71. The van der Waals surface area contributed by atoms with Gasteiger partial charge in [0.15, 0.2) is 0 Å². The van der Waals surface area contributed by atoms with E-state index in [1.165, 1.54) is 5.56 Å². The lowest BCUT2D eigenvalue weighted by Gasteiger charge is -2.38. The summed E-state index contributed by atoms with van der Waals surface area (Å²) < 4.78 is 6.17. The fourth-order valence-electron chi connectivity index (χ4n) is 4.71. The molecular weight excluding hydrogens is 378 g/mol. The van der Waals surface area contributed by atoms with Crippen molar-refractivity contribution >= 4 is 5.91 Å². The van der Waals surface area contributed by atoms with E-state index in [0.29, 0.717) is 6.42 Å². The lowest BCUT2D eigenvalue weighted by atomic mass is 9.76. The maximum atomic E-state index is 12.7. The number of pyridine rings is 1. The molecule has 2 saturated heterocycles. The topological polar surface area (TPSA) is 65.9 Å². The molecule has 0 saturated carbocycles. The van der Waals surface area contributed by atoms with Crippen molar-refractivity contribution in [3.8, 4) is 5.75 Å². The van der Waals surface area contributed by atoms with Crippen molar-refractivity contribution in [3.05, 3.63) is 59.9 Å². The summed E-state index contributed by atoms with van der Waals surface area (Å²) in [5.41, 5.74) is 2.38. The summed E-state index contributed by atoms with van der Waals surface area (Å²) in [5.74, 6) is 0.398. The third-order valence-corrected chi connectivity index (χ3v) is 6.44. The van der Waals surface area contributed by atoms with Gasteiger partial charge in [0.1, 0.15) is 5.75 Å². The second-order valence-electron chi connectivity index (χ2n) is 8.92. The van der Waals surface area contributed by atoms with E-state index in [9.17, 15) is 9.90 Å². The SMILES string of the molecule is CN(Cc1cccnc1)C[C@@H]1CC2(CCN(C(=O)Cc3ccc(O)cc3)CC2)CO1. The maximum absolute atomic E-state index is 12.7. The molecule has 1 aromatic carbocycles. The average molecular weight is 410 g/mol. The van der Waals surface area contributed by atoms with E-state index >= 15 is 0 Å². The lowest BCUT2D eigenvalue weighted by Crippen LogP contribution is -2.44. The maximum Gasteiger partial charge on any atom is 0.226 e. The van der Waals surface area contributed by atoms with Crippen molar-refractivity contribution in [2.75, 3.05) is 33.3 Å². The minimum atomic E-state index is 0.169. The monoisotopic (exact) mass is 409 g/mol. The first-order chi connectivity index (χ1) is 14.5. The lowest BCUT2D eigenvalue weighted by molar-refractivity contribution is -0.132. The zero-order chi connectivity index (χ0) is 21.0. The highest BCUT2D eigenvalue weighted by atomic mass is 16.5. The molecule has 2 aliphatic rings. The summed E-state index contributed by atoms with van der Waals surface area (Å²) in [4.78, 5) is 21.1. The molecule has 6 nitrogen and oxygen atoms in total. The first kappa shape index (κ1) is 20.8. The van der Waals surface area contributed by atoms with Crippen LogP contribution >= 0.6 is 0 Å². The largest absolute Gasteiger partial charge is 0.508 e.